The molecule has 8 heteroatoms. The summed E-state index contributed by atoms with van der Waals surface area (Å²) in [4.78, 5) is 44.7. The molecular weight excluding hydrogens is 504 g/mol. The zero-order valence-electron chi connectivity index (χ0n) is 23.6. The second-order valence-electron chi connectivity index (χ2n) is 11.3. The summed E-state index contributed by atoms with van der Waals surface area (Å²) < 4.78 is 5.11. The standard InChI is InChI=1S/C32H42N4O4/c1-2-40-32(39)35-20-14-27(15-21-35)36-23-26-10-6-11-28(29(26)31(36)38)30(37)33-16-7-17-34-18-12-25(13-19-34)22-24-8-4-3-5-9-24/h3-6,8-11,25,27H,2,7,12-23H2,1H3,(H,33,37). The molecule has 3 aliphatic rings. The molecule has 8 nitrogen and oxygen atoms in total. The van der Waals surface area contributed by atoms with E-state index in [9.17, 15) is 14.4 Å². The lowest BCUT2D eigenvalue weighted by atomic mass is 9.90. The third kappa shape index (κ3) is 6.66. The number of carbonyl (C=O) groups excluding carboxylic acids is 3. The van der Waals surface area contributed by atoms with Gasteiger partial charge in [-0.1, -0.05) is 42.5 Å². The highest BCUT2D eigenvalue weighted by Crippen LogP contribution is 2.31. The average Bonchev–Trinajstić information content (AvgIpc) is 3.33. The average molecular weight is 547 g/mol. The van der Waals surface area contributed by atoms with E-state index in [2.05, 4.69) is 40.5 Å². The van der Waals surface area contributed by atoms with Crippen LogP contribution in [0.1, 0.15) is 70.9 Å². The van der Waals surface area contributed by atoms with E-state index in [1.807, 2.05) is 17.0 Å². The minimum Gasteiger partial charge on any atom is -0.450 e. The molecular formula is C32H42N4O4. The summed E-state index contributed by atoms with van der Waals surface area (Å²) in [6.45, 7) is 7.61. The zero-order valence-corrected chi connectivity index (χ0v) is 23.6. The van der Waals surface area contributed by atoms with Crippen LogP contribution in [0.15, 0.2) is 48.5 Å². The van der Waals surface area contributed by atoms with Crippen molar-refractivity contribution in [2.45, 2.75) is 58.0 Å². The Bertz CT molecular complexity index is 1170. The maximum Gasteiger partial charge on any atom is 0.409 e. The van der Waals surface area contributed by atoms with Gasteiger partial charge < -0.3 is 24.8 Å². The highest BCUT2D eigenvalue weighted by atomic mass is 16.6. The second kappa shape index (κ2) is 13.3. The molecule has 2 aromatic carbocycles. The van der Waals surface area contributed by atoms with E-state index in [0.717, 1.165) is 44.0 Å². The van der Waals surface area contributed by atoms with Crippen LogP contribution >= 0.6 is 0 Å². The van der Waals surface area contributed by atoms with Crippen molar-refractivity contribution in [1.82, 2.24) is 20.0 Å². The molecule has 3 heterocycles. The monoisotopic (exact) mass is 546 g/mol. The number of fused-ring (bicyclic) bond motifs is 1. The number of likely N-dealkylation sites (tertiary alicyclic amines) is 2. The molecule has 0 saturated carbocycles. The van der Waals surface area contributed by atoms with Gasteiger partial charge in [-0.2, -0.15) is 0 Å². The van der Waals surface area contributed by atoms with Crippen molar-refractivity contribution in [1.29, 1.82) is 0 Å². The number of benzene rings is 2. The Morgan fingerprint density at radius 1 is 0.950 bits per heavy atom. The Morgan fingerprint density at radius 3 is 2.42 bits per heavy atom. The molecule has 0 aromatic heterocycles. The predicted octanol–water partition coefficient (Wildman–Crippen LogP) is 4.34. The minimum absolute atomic E-state index is 0.0540. The van der Waals surface area contributed by atoms with E-state index >= 15 is 0 Å². The molecule has 2 fully saturated rings. The van der Waals surface area contributed by atoms with Gasteiger partial charge in [0.2, 0.25) is 0 Å². The fraction of sp³-hybridized carbons (Fsp3) is 0.531. The number of nitrogens with zero attached hydrogens (tertiary/aromatic N) is 3. The van der Waals surface area contributed by atoms with Gasteiger partial charge in [-0.15, -0.1) is 0 Å². The van der Waals surface area contributed by atoms with Crippen molar-refractivity contribution in [3.05, 3.63) is 70.8 Å². The Morgan fingerprint density at radius 2 is 1.70 bits per heavy atom. The maximum atomic E-state index is 13.5. The topological polar surface area (TPSA) is 82.2 Å². The van der Waals surface area contributed by atoms with Crippen molar-refractivity contribution >= 4 is 17.9 Å². The highest BCUT2D eigenvalue weighted by molar-refractivity contribution is 6.09. The normalized spacial score (nSPS) is 18.6. The molecule has 2 saturated heterocycles. The van der Waals surface area contributed by atoms with E-state index < -0.39 is 0 Å². The first-order valence-corrected chi connectivity index (χ1v) is 14.9. The Balaban J connectivity index is 1.06. The summed E-state index contributed by atoms with van der Waals surface area (Å²) in [5.74, 6) is 0.500. The molecule has 0 spiro atoms. The van der Waals surface area contributed by atoms with E-state index in [1.165, 1.54) is 18.4 Å². The van der Waals surface area contributed by atoms with E-state index in [0.29, 0.717) is 56.8 Å². The van der Waals surface area contributed by atoms with Crippen LogP contribution in [0, 0.1) is 5.92 Å². The zero-order chi connectivity index (χ0) is 27.9. The number of rotatable bonds is 9. The van der Waals surface area contributed by atoms with Crippen LogP contribution in [0.4, 0.5) is 4.79 Å². The van der Waals surface area contributed by atoms with Crippen molar-refractivity contribution in [2.24, 2.45) is 5.92 Å². The third-order valence-corrected chi connectivity index (χ3v) is 8.65. The molecule has 1 N–H and O–H groups in total. The van der Waals surface area contributed by atoms with Gasteiger partial charge in [0.1, 0.15) is 0 Å². The van der Waals surface area contributed by atoms with E-state index in [4.69, 9.17) is 4.74 Å². The molecule has 5 rings (SSSR count). The van der Waals surface area contributed by atoms with Crippen molar-refractivity contribution in [2.75, 3.05) is 45.9 Å². The van der Waals surface area contributed by atoms with Gasteiger partial charge in [0.05, 0.1) is 17.7 Å². The summed E-state index contributed by atoms with van der Waals surface area (Å²) in [5, 5.41) is 3.06. The molecule has 0 bridgehead atoms. The van der Waals surface area contributed by atoms with Gasteiger partial charge >= 0.3 is 6.09 Å². The third-order valence-electron chi connectivity index (χ3n) is 8.65. The molecule has 3 aliphatic heterocycles. The molecule has 0 atom stereocenters. The number of hydrogen-bond donors (Lipinski definition) is 1. The number of amides is 3. The molecule has 40 heavy (non-hydrogen) atoms. The van der Waals surface area contributed by atoms with Gasteiger partial charge in [-0.3, -0.25) is 9.59 Å². The van der Waals surface area contributed by atoms with Gasteiger partial charge in [0, 0.05) is 32.2 Å². The van der Waals surface area contributed by atoms with Crippen LogP contribution in [-0.4, -0.2) is 84.5 Å². The Labute approximate surface area is 237 Å². The van der Waals surface area contributed by atoms with Crippen LogP contribution in [-0.2, 0) is 17.7 Å². The molecule has 0 radical (unpaired) electrons. The van der Waals surface area contributed by atoms with Crippen LogP contribution in [0.25, 0.3) is 0 Å². The summed E-state index contributed by atoms with van der Waals surface area (Å²) >= 11 is 0. The first-order valence-electron chi connectivity index (χ1n) is 14.9. The number of ether oxygens (including phenoxy) is 1. The van der Waals surface area contributed by atoms with Crippen LogP contribution in [0.3, 0.4) is 0 Å². The summed E-state index contributed by atoms with van der Waals surface area (Å²) in [5.41, 5.74) is 3.34. The minimum atomic E-state index is -0.288. The first kappa shape index (κ1) is 28.1. The number of carbonyl (C=O) groups is 3. The SMILES string of the molecule is CCOC(=O)N1CCC(N2Cc3cccc(C(=O)NCCCN4CCC(Cc5ccccc5)CC4)c3C2=O)CC1. The van der Waals surface area contributed by atoms with Crippen molar-refractivity contribution in [3.8, 4) is 0 Å². The molecule has 3 amide bonds. The van der Waals surface area contributed by atoms with Crippen LogP contribution in [0.2, 0.25) is 0 Å². The first-order chi connectivity index (χ1) is 19.5. The smallest absolute Gasteiger partial charge is 0.409 e. The van der Waals surface area contributed by atoms with E-state index in [-0.39, 0.29) is 23.9 Å². The fourth-order valence-electron chi connectivity index (χ4n) is 6.40. The lowest BCUT2D eigenvalue weighted by Crippen LogP contribution is -2.47. The largest absolute Gasteiger partial charge is 0.450 e. The second-order valence-corrected chi connectivity index (χ2v) is 11.3. The van der Waals surface area contributed by atoms with Crippen molar-refractivity contribution < 1.29 is 19.1 Å². The Hall–Kier alpha value is -3.39. The molecule has 2 aromatic rings. The lowest BCUT2D eigenvalue weighted by Gasteiger charge is -2.36. The maximum absolute atomic E-state index is 13.5. The van der Waals surface area contributed by atoms with Crippen molar-refractivity contribution in [3.63, 3.8) is 0 Å². The van der Waals surface area contributed by atoms with Gasteiger partial charge in [0.25, 0.3) is 11.8 Å². The predicted molar refractivity (Wildman–Crippen MR) is 154 cm³/mol. The number of nitrogens with one attached hydrogen (secondary N) is 1. The summed E-state index contributed by atoms with van der Waals surface area (Å²) in [6.07, 6.45) is 5.63. The van der Waals surface area contributed by atoms with Gasteiger partial charge in [0.15, 0.2) is 0 Å². The Kier molecular flexibility index (Phi) is 9.37. The van der Waals surface area contributed by atoms with Gasteiger partial charge in [-0.25, -0.2) is 4.79 Å². The molecule has 0 unspecified atom stereocenters. The number of hydrogen-bond acceptors (Lipinski definition) is 5. The van der Waals surface area contributed by atoms with Gasteiger partial charge in [-0.05, 0) is 88.2 Å². The fourth-order valence-corrected chi connectivity index (χ4v) is 6.40. The number of piperidine rings is 2. The van der Waals surface area contributed by atoms with E-state index in [1.54, 1.807) is 17.9 Å². The highest BCUT2D eigenvalue weighted by Gasteiger charge is 2.37. The summed E-state index contributed by atoms with van der Waals surface area (Å²) in [6, 6.07) is 16.4. The van der Waals surface area contributed by atoms with Crippen LogP contribution in [0.5, 0.6) is 0 Å². The quantitative estimate of drug-likeness (QED) is 0.474. The molecule has 214 valence electrons. The molecule has 0 aliphatic carbocycles. The lowest BCUT2D eigenvalue weighted by molar-refractivity contribution is 0.0556. The van der Waals surface area contributed by atoms with Crippen LogP contribution < -0.4 is 5.32 Å². The summed E-state index contributed by atoms with van der Waals surface area (Å²) in [7, 11) is 0.